The zero-order valence-corrected chi connectivity index (χ0v) is 9.60. The zero-order valence-electron chi connectivity index (χ0n) is 9.60. The van der Waals surface area contributed by atoms with E-state index in [2.05, 4.69) is 27.7 Å². The smallest absolute Gasteiger partial charge is 0.0523 e. The van der Waals surface area contributed by atoms with Crippen molar-refractivity contribution in [3.63, 3.8) is 0 Å². The van der Waals surface area contributed by atoms with E-state index in [-0.39, 0.29) is 0 Å². The molecule has 0 atom stereocenters. The van der Waals surface area contributed by atoms with Gasteiger partial charge >= 0.3 is 0 Å². The Hall–Kier alpha value is -0.0400. The molecule has 1 nitrogen and oxygen atoms in total. The first-order valence-electron chi connectivity index (χ1n) is 5.62. The fourth-order valence-corrected chi connectivity index (χ4v) is 2.79. The molecule has 0 aromatic carbocycles. The summed E-state index contributed by atoms with van der Waals surface area (Å²) in [7, 11) is 0. The molecule has 0 amide bonds. The minimum Gasteiger partial charge on any atom is -0.381 e. The van der Waals surface area contributed by atoms with E-state index in [9.17, 15) is 0 Å². The maximum atomic E-state index is 5.56. The average Bonchev–Trinajstić information content (AvgIpc) is 2.33. The van der Waals surface area contributed by atoms with Gasteiger partial charge in [-0.15, -0.1) is 0 Å². The number of hydrogen-bond acceptors (Lipinski definition) is 1. The van der Waals surface area contributed by atoms with Crippen LogP contribution in [-0.4, -0.2) is 13.2 Å². The van der Waals surface area contributed by atoms with Crippen molar-refractivity contribution in [2.24, 2.45) is 17.3 Å². The first-order valence-corrected chi connectivity index (χ1v) is 5.62. The second kappa shape index (κ2) is 4.45. The Bertz CT molecular complexity index is 131. The van der Waals surface area contributed by atoms with Gasteiger partial charge in [0, 0.05) is 6.61 Å². The van der Waals surface area contributed by atoms with E-state index in [4.69, 9.17) is 4.74 Å². The molecule has 1 saturated heterocycles. The molecule has 0 N–H and O–H groups in total. The minimum atomic E-state index is 0.516. The maximum absolute atomic E-state index is 5.56. The molecule has 0 aromatic rings. The lowest BCUT2D eigenvalue weighted by atomic mass is 9.74. The highest BCUT2D eigenvalue weighted by Crippen LogP contribution is 2.40. The van der Waals surface area contributed by atoms with Gasteiger partial charge in [-0.2, -0.15) is 0 Å². The summed E-state index contributed by atoms with van der Waals surface area (Å²) < 4.78 is 5.56. The summed E-state index contributed by atoms with van der Waals surface area (Å²) in [6.07, 6.45) is 3.96. The normalized spacial score (nSPS) is 21.7. The Morgan fingerprint density at radius 2 is 1.62 bits per heavy atom. The summed E-state index contributed by atoms with van der Waals surface area (Å²) in [5, 5.41) is 0. The SMILES string of the molecule is CC(C)CC1(CC(C)C)CCOC1. The van der Waals surface area contributed by atoms with Gasteiger partial charge in [0.25, 0.3) is 0 Å². The molecule has 1 rings (SSSR count). The molecule has 78 valence electrons. The van der Waals surface area contributed by atoms with Crippen molar-refractivity contribution in [1.29, 1.82) is 0 Å². The van der Waals surface area contributed by atoms with Crippen molar-refractivity contribution in [3.8, 4) is 0 Å². The van der Waals surface area contributed by atoms with Crippen molar-refractivity contribution in [2.75, 3.05) is 13.2 Å². The lowest BCUT2D eigenvalue weighted by Gasteiger charge is -2.31. The lowest BCUT2D eigenvalue weighted by molar-refractivity contribution is 0.119. The topological polar surface area (TPSA) is 9.23 Å². The minimum absolute atomic E-state index is 0.516. The zero-order chi connectivity index (χ0) is 9.90. The van der Waals surface area contributed by atoms with Crippen LogP contribution in [0.5, 0.6) is 0 Å². The molecule has 1 heteroatoms. The van der Waals surface area contributed by atoms with Crippen molar-refractivity contribution in [1.82, 2.24) is 0 Å². The average molecular weight is 184 g/mol. The Balaban J connectivity index is 2.52. The van der Waals surface area contributed by atoms with Crippen LogP contribution in [-0.2, 0) is 4.74 Å². The molecular weight excluding hydrogens is 160 g/mol. The van der Waals surface area contributed by atoms with E-state index in [1.165, 1.54) is 19.3 Å². The highest BCUT2D eigenvalue weighted by Gasteiger charge is 2.35. The highest BCUT2D eigenvalue weighted by atomic mass is 16.5. The van der Waals surface area contributed by atoms with Gasteiger partial charge in [0.05, 0.1) is 6.61 Å². The molecule has 1 aliphatic heterocycles. The van der Waals surface area contributed by atoms with Gasteiger partial charge in [-0.25, -0.2) is 0 Å². The van der Waals surface area contributed by atoms with Gasteiger partial charge in [-0.05, 0) is 36.5 Å². The van der Waals surface area contributed by atoms with Crippen LogP contribution in [0.1, 0.15) is 47.0 Å². The van der Waals surface area contributed by atoms with Crippen molar-refractivity contribution < 1.29 is 4.74 Å². The van der Waals surface area contributed by atoms with Crippen LogP contribution in [0.2, 0.25) is 0 Å². The third kappa shape index (κ3) is 3.30. The molecule has 1 aliphatic rings. The summed E-state index contributed by atoms with van der Waals surface area (Å²) in [6.45, 7) is 11.3. The predicted octanol–water partition coefficient (Wildman–Crippen LogP) is 3.49. The van der Waals surface area contributed by atoms with Crippen molar-refractivity contribution in [2.45, 2.75) is 47.0 Å². The fraction of sp³-hybridized carbons (Fsp3) is 1.00. The van der Waals surface area contributed by atoms with Crippen LogP contribution in [0.15, 0.2) is 0 Å². The molecule has 0 bridgehead atoms. The summed E-state index contributed by atoms with van der Waals surface area (Å²) in [5.74, 6) is 1.61. The molecule has 0 saturated carbocycles. The Labute approximate surface area is 82.9 Å². The Kier molecular flexibility index (Phi) is 3.78. The van der Waals surface area contributed by atoms with Gasteiger partial charge in [0.1, 0.15) is 0 Å². The van der Waals surface area contributed by atoms with E-state index in [1.807, 2.05) is 0 Å². The van der Waals surface area contributed by atoms with Gasteiger partial charge in [0.15, 0.2) is 0 Å². The van der Waals surface area contributed by atoms with Crippen LogP contribution in [0.25, 0.3) is 0 Å². The second-order valence-electron chi connectivity index (χ2n) is 5.50. The molecule has 0 unspecified atom stereocenters. The second-order valence-corrected chi connectivity index (χ2v) is 5.50. The van der Waals surface area contributed by atoms with E-state index in [0.717, 1.165) is 25.0 Å². The van der Waals surface area contributed by atoms with Crippen LogP contribution in [0.3, 0.4) is 0 Å². The van der Waals surface area contributed by atoms with Gasteiger partial charge in [-0.3, -0.25) is 0 Å². The first-order chi connectivity index (χ1) is 6.04. The van der Waals surface area contributed by atoms with E-state index >= 15 is 0 Å². The molecule has 0 aliphatic carbocycles. The van der Waals surface area contributed by atoms with Crippen LogP contribution >= 0.6 is 0 Å². The van der Waals surface area contributed by atoms with E-state index in [1.54, 1.807) is 0 Å². The van der Waals surface area contributed by atoms with Crippen molar-refractivity contribution >= 4 is 0 Å². The first kappa shape index (κ1) is 11.0. The summed E-state index contributed by atoms with van der Waals surface area (Å²) in [5.41, 5.74) is 0.516. The number of hydrogen-bond donors (Lipinski definition) is 0. The van der Waals surface area contributed by atoms with Crippen LogP contribution in [0.4, 0.5) is 0 Å². The maximum Gasteiger partial charge on any atom is 0.0523 e. The highest BCUT2D eigenvalue weighted by molar-refractivity contribution is 4.85. The van der Waals surface area contributed by atoms with Gasteiger partial charge in [-0.1, -0.05) is 27.7 Å². The molecule has 0 spiro atoms. The quantitative estimate of drug-likeness (QED) is 0.650. The van der Waals surface area contributed by atoms with E-state index < -0.39 is 0 Å². The molecule has 1 fully saturated rings. The Morgan fingerprint density at radius 1 is 1.08 bits per heavy atom. The monoisotopic (exact) mass is 184 g/mol. The third-order valence-electron chi connectivity index (χ3n) is 2.87. The molecule has 0 radical (unpaired) electrons. The molecule has 1 heterocycles. The fourth-order valence-electron chi connectivity index (χ4n) is 2.79. The Morgan fingerprint density at radius 3 is 1.92 bits per heavy atom. The van der Waals surface area contributed by atoms with Crippen molar-refractivity contribution in [3.05, 3.63) is 0 Å². The standard InChI is InChI=1S/C12H24O/c1-10(2)7-12(8-11(3)4)5-6-13-9-12/h10-11H,5-9H2,1-4H3. The lowest BCUT2D eigenvalue weighted by Crippen LogP contribution is -2.25. The molecule has 0 aromatic heterocycles. The number of ether oxygens (including phenoxy) is 1. The molecular formula is C12H24O. The third-order valence-corrected chi connectivity index (χ3v) is 2.87. The van der Waals surface area contributed by atoms with Gasteiger partial charge in [0.2, 0.25) is 0 Å². The number of rotatable bonds is 4. The largest absolute Gasteiger partial charge is 0.381 e. The van der Waals surface area contributed by atoms with Crippen LogP contribution in [0, 0.1) is 17.3 Å². The predicted molar refractivity (Wildman–Crippen MR) is 56.8 cm³/mol. The van der Waals surface area contributed by atoms with Crippen LogP contribution < -0.4 is 0 Å². The summed E-state index contributed by atoms with van der Waals surface area (Å²) >= 11 is 0. The molecule has 13 heavy (non-hydrogen) atoms. The van der Waals surface area contributed by atoms with E-state index in [0.29, 0.717) is 5.41 Å². The van der Waals surface area contributed by atoms with Gasteiger partial charge < -0.3 is 4.74 Å². The summed E-state index contributed by atoms with van der Waals surface area (Å²) in [6, 6.07) is 0. The summed E-state index contributed by atoms with van der Waals surface area (Å²) in [4.78, 5) is 0.